The van der Waals surface area contributed by atoms with Crippen molar-refractivity contribution in [2.75, 3.05) is 6.54 Å². The maximum absolute atomic E-state index is 13.3. The molecule has 3 nitrogen and oxygen atoms in total. The Labute approximate surface area is 120 Å². The summed E-state index contributed by atoms with van der Waals surface area (Å²) in [5.74, 6) is -0.834. The van der Waals surface area contributed by atoms with Gasteiger partial charge in [0.15, 0.2) is 0 Å². The first-order valence-electron chi connectivity index (χ1n) is 6.84. The van der Waals surface area contributed by atoms with Crippen molar-refractivity contribution in [3.05, 3.63) is 46.5 Å². The summed E-state index contributed by atoms with van der Waals surface area (Å²) in [5, 5.41) is 3.06. The van der Waals surface area contributed by atoms with Crippen LogP contribution in [0.4, 0.5) is 13.2 Å². The summed E-state index contributed by atoms with van der Waals surface area (Å²) in [6, 6.07) is 5.36. The molecule has 0 saturated carbocycles. The first-order valence-corrected chi connectivity index (χ1v) is 6.84. The van der Waals surface area contributed by atoms with Gasteiger partial charge in [-0.2, -0.15) is 13.2 Å². The molecule has 21 heavy (non-hydrogen) atoms. The fraction of sp³-hybridized carbons (Fsp3) is 0.400. The Balaban J connectivity index is 2.24. The molecule has 0 spiro atoms. The Hall–Kier alpha value is -1.82. The summed E-state index contributed by atoms with van der Waals surface area (Å²) in [7, 11) is 0. The topological polar surface area (TPSA) is 29.9 Å². The molecule has 6 heteroatoms. The lowest BCUT2D eigenvalue weighted by atomic mass is 10.1. The molecule has 3 rings (SSSR count). The van der Waals surface area contributed by atoms with Crippen molar-refractivity contribution in [2.24, 2.45) is 0 Å². The Bertz CT molecular complexity index is 686. The Kier molecular flexibility index (Phi) is 3.28. The molecular weight excluding hydrogens is 279 g/mol. The Morgan fingerprint density at radius 1 is 1.19 bits per heavy atom. The number of halogens is 3. The summed E-state index contributed by atoms with van der Waals surface area (Å²) in [6.07, 6.45) is -3.92. The van der Waals surface area contributed by atoms with E-state index in [9.17, 15) is 13.2 Å². The van der Waals surface area contributed by atoms with E-state index in [1.807, 2.05) is 19.9 Å². The third kappa shape index (κ3) is 2.44. The van der Waals surface area contributed by atoms with Crippen molar-refractivity contribution in [2.45, 2.75) is 33.0 Å². The fourth-order valence-electron chi connectivity index (χ4n) is 2.64. The van der Waals surface area contributed by atoms with Crippen LogP contribution in [-0.2, 0) is 19.1 Å². The fourth-order valence-corrected chi connectivity index (χ4v) is 2.64. The van der Waals surface area contributed by atoms with Gasteiger partial charge < -0.3 is 5.32 Å². The van der Waals surface area contributed by atoms with Crippen LogP contribution in [-0.4, -0.2) is 16.1 Å². The maximum Gasteiger partial charge on any atom is 0.450 e. The standard InChI is InChI=1S/C15H16F3N3/c1-9-3-4-11(7-10(9)2)21-13-5-6-19-8-12(13)20-14(21)15(16,17)18/h3-4,7,19H,5-6,8H2,1-2H3. The first-order chi connectivity index (χ1) is 9.88. The number of hydrogen-bond donors (Lipinski definition) is 1. The lowest BCUT2D eigenvalue weighted by Gasteiger charge is -2.17. The predicted octanol–water partition coefficient (Wildman–Crippen LogP) is 3.15. The number of nitrogens with zero attached hydrogens (tertiary/aromatic N) is 2. The zero-order valence-electron chi connectivity index (χ0n) is 11.9. The minimum Gasteiger partial charge on any atom is -0.311 e. The number of aryl methyl sites for hydroxylation is 2. The van der Waals surface area contributed by atoms with E-state index in [1.165, 1.54) is 4.57 Å². The molecule has 1 aromatic heterocycles. The largest absolute Gasteiger partial charge is 0.450 e. The molecule has 112 valence electrons. The Morgan fingerprint density at radius 2 is 1.95 bits per heavy atom. The lowest BCUT2D eigenvalue weighted by molar-refractivity contribution is -0.146. The molecule has 2 heterocycles. The number of alkyl halides is 3. The Morgan fingerprint density at radius 3 is 2.62 bits per heavy atom. The van der Waals surface area contributed by atoms with Crippen molar-refractivity contribution in [1.82, 2.24) is 14.9 Å². The lowest BCUT2D eigenvalue weighted by Crippen LogP contribution is -2.25. The second kappa shape index (κ2) is 4.87. The molecule has 1 aliphatic rings. The van der Waals surface area contributed by atoms with E-state index < -0.39 is 12.0 Å². The average Bonchev–Trinajstić information content (AvgIpc) is 2.81. The summed E-state index contributed by atoms with van der Waals surface area (Å²) in [6.45, 7) is 4.89. The number of imidazole rings is 1. The predicted molar refractivity (Wildman–Crippen MR) is 73.5 cm³/mol. The van der Waals surface area contributed by atoms with E-state index in [1.54, 1.807) is 12.1 Å². The van der Waals surface area contributed by atoms with Gasteiger partial charge in [0, 0.05) is 30.9 Å². The van der Waals surface area contributed by atoms with Crippen LogP contribution < -0.4 is 5.32 Å². The number of fused-ring (bicyclic) bond motifs is 1. The smallest absolute Gasteiger partial charge is 0.311 e. The second-order valence-electron chi connectivity index (χ2n) is 5.36. The highest BCUT2D eigenvalue weighted by atomic mass is 19.4. The highest BCUT2D eigenvalue weighted by molar-refractivity contribution is 5.44. The van der Waals surface area contributed by atoms with E-state index >= 15 is 0 Å². The van der Waals surface area contributed by atoms with E-state index in [0.29, 0.717) is 36.6 Å². The number of benzene rings is 1. The number of rotatable bonds is 1. The van der Waals surface area contributed by atoms with Crippen LogP contribution >= 0.6 is 0 Å². The molecule has 0 bridgehead atoms. The SMILES string of the molecule is Cc1ccc(-n2c(C(F)(F)F)nc3c2CCNC3)cc1C. The average molecular weight is 295 g/mol. The van der Waals surface area contributed by atoms with E-state index in [0.717, 1.165) is 11.1 Å². The van der Waals surface area contributed by atoms with Gasteiger partial charge in [-0.05, 0) is 37.1 Å². The van der Waals surface area contributed by atoms with Crippen molar-refractivity contribution in [3.8, 4) is 5.69 Å². The highest BCUT2D eigenvalue weighted by Crippen LogP contribution is 2.34. The van der Waals surface area contributed by atoms with Crippen LogP contribution in [0.2, 0.25) is 0 Å². The van der Waals surface area contributed by atoms with Gasteiger partial charge in [-0.25, -0.2) is 4.98 Å². The van der Waals surface area contributed by atoms with E-state index in [4.69, 9.17) is 0 Å². The van der Waals surface area contributed by atoms with Crippen LogP contribution in [0.25, 0.3) is 5.69 Å². The highest BCUT2D eigenvalue weighted by Gasteiger charge is 2.39. The number of hydrogen-bond acceptors (Lipinski definition) is 2. The van der Waals surface area contributed by atoms with Gasteiger partial charge in [-0.3, -0.25) is 4.57 Å². The third-order valence-corrected chi connectivity index (χ3v) is 3.89. The number of nitrogens with one attached hydrogen (secondary N) is 1. The van der Waals surface area contributed by atoms with Crippen LogP contribution in [0, 0.1) is 13.8 Å². The molecule has 0 atom stereocenters. The monoisotopic (exact) mass is 295 g/mol. The molecule has 1 N–H and O–H groups in total. The first kappa shape index (κ1) is 14.1. The van der Waals surface area contributed by atoms with E-state index in [-0.39, 0.29) is 0 Å². The molecular formula is C15H16F3N3. The summed E-state index contributed by atoms with van der Waals surface area (Å²) in [4.78, 5) is 3.83. The molecule has 0 unspecified atom stereocenters. The van der Waals surface area contributed by atoms with Crippen LogP contribution in [0.15, 0.2) is 18.2 Å². The molecule has 1 aliphatic heterocycles. The van der Waals surface area contributed by atoms with Crippen LogP contribution in [0.1, 0.15) is 28.3 Å². The molecule has 0 fully saturated rings. The summed E-state index contributed by atoms with van der Waals surface area (Å²) < 4.78 is 41.2. The zero-order chi connectivity index (χ0) is 15.2. The second-order valence-corrected chi connectivity index (χ2v) is 5.36. The quantitative estimate of drug-likeness (QED) is 0.876. The molecule has 1 aromatic carbocycles. The van der Waals surface area contributed by atoms with Crippen molar-refractivity contribution in [3.63, 3.8) is 0 Å². The number of aromatic nitrogens is 2. The van der Waals surface area contributed by atoms with Crippen molar-refractivity contribution >= 4 is 0 Å². The van der Waals surface area contributed by atoms with Gasteiger partial charge >= 0.3 is 6.18 Å². The van der Waals surface area contributed by atoms with Gasteiger partial charge in [0.2, 0.25) is 5.82 Å². The summed E-state index contributed by atoms with van der Waals surface area (Å²) in [5.41, 5.74) is 3.71. The third-order valence-electron chi connectivity index (χ3n) is 3.89. The van der Waals surface area contributed by atoms with E-state index in [2.05, 4.69) is 10.3 Å². The molecule has 2 aromatic rings. The summed E-state index contributed by atoms with van der Waals surface area (Å²) >= 11 is 0. The zero-order valence-corrected chi connectivity index (χ0v) is 11.9. The minimum absolute atomic E-state index is 0.385. The molecule has 0 radical (unpaired) electrons. The maximum atomic E-state index is 13.3. The minimum atomic E-state index is -4.46. The van der Waals surface area contributed by atoms with Crippen LogP contribution in [0.3, 0.4) is 0 Å². The van der Waals surface area contributed by atoms with Gasteiger partial charge in [-0.15, -0.1) is 0 Å². The van der Waals surface area contributed by atoms with Crippen molar-refractivity contribution < 1.29 is 13.2 Å². The molecule has 0 aliphatic carbocycles. The van der Waals surface area contributed by atoms with Crippen LogP contribution in [0.5, 0.6) is 0 Å². The van der Waals surface area contributed by atoms with Gasteiger partial charge in [0.25, 0.3) is 0 Å². The molecule has 0 saturated heterocycles. The van der Waals surface area contributed by atoms with Gasteiger partial charge in [0.1, 0.15) is 0 Å². The van der Waals surface area contributed by atoms with Crippen molar-refractivity contribution in [1.29, 1.82) is 0 Å². The van der Waals surface area contributed by atoms with Gasteiger partial charge in [0.05, 0.1) is 5.69 Å². The molecule has 0 amide bonds. The van der Waals surface area contributed by atoms with Gasteiger partial charge in [-0.1, -0.05) is 6.07 Å². The normalized spacial score (nSPS) is 15.1.